The van der Waals surface area contributed by atoms with Crippen LogP contribution in [0.5, 0.6) is 0 Å². The second-order valence-corrected chi connectivity index (χ2v) is 11.8. The van der Waals surface area contributed by atoms with E-state index in [1.54, 1.807) is 19.0 Å². The number of aromatic nitrogens is 4. The molecular formula is C14H20FN6O11P3. The highest BCUT2D eigenvalue weighted by Crippen LogP contribution is 2.66. The Balaban J connectivity index is 1.80. The van der Waals surface area contributed by atoms with Crippen LogP contribution in [0.3, 0.4) is 0 Å². The summed E-state index contributed by atoms with van der Waals surface area (Å²) in [4.78, 5) is 49.8. The number of alkyl halides is 1. The highest BCUT2D eigenvalue weighted by atomic mass is 31.3. The number of nitrogens with two attached hydrogens (primary N) is 1. The van der Waals surface area contributed by atoms with E-state index in [0.29, 0.717) is 5.82 Å². The zero-order chi connectivity index (χ0) is 26.4. The van der Waals surface area contributed by atoms with Crippen molar-refractivity contribution in [3.8, 4) is 12.3 Å². The van der Waals surface area contributed by atoms with Gasteiger partial charge in [0.2, 0.25) is 11.6 Å². The fourth-order valence-corrected chi connectivity index (χ4v) is 6.22. The molecule has 21 heteroatoms. The van der Waals surface area contributed by atoms with Crippen molar-refractivity contribution in [3.63, 3.8) is 0 Å². The molecule has 0 spiro atoms. The first-order chi connectivity index (χ1) is 16.0. The average Bonchev–Trinajstić information content (AvgIpc) is 3.23. The maximum absolute atomic E-state index is 15.6. The molecule has 2 aromatic heterocycles. The third-order valence-electron chi connectivity index (χ3n) is 4.41. The second kappa shape index (κ2) is 9.47. The molecule has 0 bridgehead atoms. The molecule has 35 heavy (non-hydrogen) atoms. The van der Waals surface area contributed by atoms with Crippen molar-refractivity contribution < 1.29 is 55.5 Å². The lowest BCUT2D eigenvalue weighted by Gasteiger charge is -2.22. The van der Waals surface area contributed by atoms with E-state index in [1.165, 1.54) is 6.33 Å². The van der Waals surface area contributed by atoms with Gasteiger partial charge in [-0.25, -0.2) is 23.1 Å². The van der Waals surface area contributed by atoms with Crippen molar-refractivity contribution in [2.45, 2.75) is 24.4 Å². The number of phosphoric ester groups is 1. The molecule has 1 aliphatic heterocycles. The van der Waals surface area contributed by atoms with Crippen LogP contribution in [0.25, 0.3) is 11.2 Å². The van der Waals surface area contributed by atoms with Crippen molar-refractivity contribution in [1.82, 2.24) is 19.5 Å². The fourth-order valence-electron chi connectivity index (χ4n) is 3.17. The first-order valence-corrected chi connectivity index (χ1v) is 13.8. The topological polar surface area (TPSA) is 242 Å². The summed E-state index contributed by atoms with van der Waals surface area (Å²) in [5.74, 6) is 2.14. The van der Waals surface area contributed by atoms with Crippen LogP contribution in [0, 0.1) is 12.3 Å². The van der Waals surface area contributed by atoms with E-state index >= 15 is 4.39 Å². The van der Waals surface area contributed by atoms with Crippen LogP contribution in [0.2, 0.25) is 0 Å². The largest absolute Gasteiger partial charge is 0.490 e. The summed E-state index contributed by atoms with van der Waals surface area (Å²) in [7, 11) is -13.4. The Morgan fingerprint density at radius 2 is 1.94 bits per heavy atom. The number of hydrogen-bond acceptors (Lipinski definition) is 12. The smallest absolute Gasteiger partial charge is 0.368 e. The number of rotatable bonds is 9. The van der Waals surface area contributed by atoms with E-state index in [0.717, 1.165) is 4.57 Å². The van der Waals surface area contributed by atoms with E-state index in [2.05, 4.69) is 28.1 Å². The molecule has 1 fully saturated rings. The molecule has 0 amide bonds. The molecule has 0 aromatic carbocycles. The van der Waals surface area contributed by atoms with Gasteiger partial charge in [0.15, 0.2) is 23.2 Å². The van der Waals surface area contributed by atoms with Gasteiger partial charge in [0, 0.05) is 20.5 Å². The highest BCUT2D eigenvalue weighted by Gasteiger charge is 2.51. The van der Waals surface area contributed by atoms with Crippen LogP contribution < -0.4 is 10.6 Å². The third-order valence-corrected chi connectivity index (χ3v) is 8.22. The number of ether oxygens (including phenoxy) is 1. The molecule has 1 saturated heterocycles. The van der Waals surface area contributed by atoms with E-state index in [1.807, 2.05) is 5.92 Å². The number of terminal acetylenes is 1. The van der Waals surface area contributed by atoms with Crippen LogP contribution in [0.1, 0.15) is 12.6 Å². The molecule has 194 valence electrons. The normalized spacial score (nSPS) is 26.2. The van der Waals surface area contributed by atoms with Gasteiger partial charge in [-0.3, -0.25) is 9.09 Å². The Labute approximate surface area is 196 Å². The summed E-state index contributed by atoms with van der Waals surface area (Å²) in [5.41, 5.74) is 3.58. The van der Waals surface area contributed by atoms with E-state index in [-0.39, 0.29) is 17.1 Å². The summed E-state index contributed by atoms with van der Waals surface area (Å²) in [6, 6.07) is 0. The number of fused-ring (bicyclic) bond motifs is 1. The minimum Gasteiger partial charge on any atom is -0.368 e. The molecule has 6 N–H and O–H groups in total. The Bertz CT molecular complexity index is 1310. The monoisotopic (exact) mass is 560 g/mol. The molecule has 0 aliphatic carbocycles. The van der Waals surface area contributed by atoms with Crippen molar-refractivity contribution in [2.75, 3.05) is 31.3 Å². The van der Waals surface area contributed by atoms with Gasteiger partial charge in [-0.2, -0.15) is 18.6 Å². The minimum atomic E-state index is -5.72. The molecular weight excluding hydrogens is 540 g/mol. The minimum absolute atomic E-state index is 0.0806. The van der Waals surface area contributed by atoms with Gasteiger partial charge < -0.3 is 34.9 Å². The quantitative estimate of drug-likeness (QED) is 0.206. The molecule has 0 radical (unpaired) electrons. The predicted molar refractivity (Wildman–Crippen MR) is 115 cm³/mol. The van der Waals surface area contributed by atoms with Gasteiger partial charge in [0.05, 0.1) is 19.0 Å². The zero-order valence-corrected chi connectivity index (χ0v) is 20.6. The van der Waals surface area contributed by atoms with Crippen LogP contribution in [-0.2, 0) is 31.6 Å². The fraction of sp³-hybridized carbons (Fsp3) is 0.500. The summed E-state index contributed by atoms with van der Waals surface area (Å²) < 4.78 is 68.1. The molecule has 2 aromatic rings. The van der Waals surface area contributed by atoms with Crippen LogP contribution >= 0.6 is 23.5 Å². The molecule has 3 heterocycles. The van der Waals surface area contributed by atoms with Crippen molar-refractivity contribution in [1.29, 1.82) is 0 Å². The SMILES string of the molecule is C#C[C@@]1(F)C[C@@H](COP(=O)(O)OP(=O)(O)OP(=O)(O)O)O[C@H]1n1cnc2c(N(C)C)nc(N)nc21. The number of imidazole rings is 1. The number of nitrogen functional groups attached to an aromatic ring is 1. The molecule has 1 aliphatic rings. The number of anilines is 2. The van der Waals surface area contributed by atoms with Gasteiger partial charge in [-0.1, -0.05) is 5.92 Å². The second-order valence-electron chi connectivity index (χ2n) is 7.33. The van der Waals surface area contributed by atoms with Crippen molar-refractivity contribution >= 4 is 46.4 Å². The lowest BCUT2D eigenvalue weighted by molar-refractivity contribution is -0.0467. The maximum atomic E-state index is 15.6. The Morgan fingerprint density at radius 1 is 1.29 bits per heavy atom. The van der Waals surface area contributed by atoms with Gasteiger partial charge >= 0.3 is 23.5 Å². The highest BCUT2D eigenvalue weighted by molar-refractivity contribution is 7.66. The van der Waals surface area contributed by atoms with Crippen molar-refractivity contribution in [2.24, 2.45) is 0 Å². The standard InChI is InChI=1S/C14H20FN6O11P3/c1-4-14(15)5-8(6-29-34(25,26)32-35(27,28)31-33(22,23)24)30-12(14)21-7-17-9-10(20(2)3)18-13(16)19-11(9)21/h1,7-8,12H,5-6H2,2-3H3,(H,25,26)(H,27,28)(H2,16,18,19)(H2,22,23,24)/t8-,12+,14+/m0/s1. The summed E-state index contributed by atoms with van der Waals surface area (Å²) in [6.45, 7) is -0.889. The number of hydrogen-bond donors (Lipinski definition) is 5. The summed E-state index contributed by atoms with van der Waals surface area (Å²) in [5, 5.41) is 0. The van der Waals surface area contributed by atoms with E-state index in [9.17, 15) is 23.5 Å². The first kappa shape index (κ1) is 27.6. The van der Waals surface area contributed by atoms with Gasteiger partial charge in [0.25, 0.3) is 0 Å². The molecule has 0 saturated carbocycles. The van der Waals surface area contributed by atoms with Crippen LogP contribution in [0.4, 0.5) is 16.2 Å². The zero-order valence-electron chi connectivity index (χ0n) is 17.9. The Hall–Kier alpha value is -1.99. The van der Waals surface area contributed by atoms with E-state index < -0.39 is 54.5 Å². The average molecular weight is 560 g/mol. The Kier molecular flexibility index (Phi) is 7.47. The molecule has 3 rings (SSSR count). The Morgan fingerprint density at radius 3 is 2.51 bits per heavy atom. The van der Waals surface area contributed by atoms with Crippen LogP contribution in [0.15, 0.2) is 6.33 Å². The summed E-state index contributed by atoms with van der Waals surface area (Å²) in [6.07, 6.45) is 3.15. The van der Waals surface area contributed by atoms with E-state index in [4.69, 9.17) is 26.7 Å². The molecule has 2 unspecified atom stereocenters. The summed E-state index contributed by atoms with van der Waals surface area (Å²) >= 11 is 0. The number of nitrogens with zero attached hydrogens (tertiary/aromatic N) is 5. The molecule has 5 atom stereocenters. The number of phosphoric acid groups is 3. The lowest BCUT2D eigenvalue weighted by Crippen LogP contribution is -2.29. The van der Waals surface area contributed by atoms with Crippen molar-refractivity contribution in [3.05, 3.63) is 6.33 Å². The molecule has 17 nitrogen and oxygen atoms in total. The van der Waals surface area contributed by atoms with Gasteiger partial charge in [-0.05, 0) is 0 Å². The predicted octanol–water partition coefficient (Wildman–Crippen LogP) is 0.447. The number of halogens is 1. The van der Waals surface area contributed by atoms with Gasteiger partial charge in [0.1, 0.15) is 0 Å². The third kappa shape index (κ3) is 6.42. The first-order valence-electron chi connectivity index (χ1n) is 9.23. The maximum Gasteiger partial charge on any atom is 0.490 e. The van der Waals surface area contributed by atoms with Gasteiger partial charge in [-0.15, -0.1) is 6.42 Å². The van der Waals surface area contributed by atoms with Crippen LogP contribution in [-0.4, -0.2) is 71.6 Å². The lowest BCUT2D eigenvalue weighted by atomic mass is 10.0.